The summed E-state index contributed by atoms with van der Waals surface area (Å²) in [5, 5.41) is 2.87. The predicted molar refractivity (Wildman–Crippen MR) is 105 cm³/mol. The zero-order chi connectivity index (χ0) is 18.4. The largest absolute Gasteiger partial charge is 0.376 e. The van der Waals surface area contributed by atoms with Gasteiger partial charge in [0.05, 0.1) is 16.3 Å². The molecule has 0 saturated carbocycles. The third-order valence-electron chi connectivity index (χ3n) is 4.21. The van der Waals surface area contributed by atoms with Gasteiger partial charge in [-0.15, -0.1) is 0 Å². The number of hydrogen-bond donors (Lipinski definition) is 1. The first kappa shape index (κ1) is 20.1. The lowest BCUT2D eigenvalue weighted by atomic mass is 10.2. The highest BCUT2D eigenvalue weighted by molar-refractivity contribution is 7.98. The van der Waals surface area contributed by atoms with Crippen LogP contribution in [-0.2, 0) is 14.8 Å². The average Bonchev–Trinajstić information content (AvgIpc) is 2.60. The van der Waals surface area contributed by atoms with Gasteiger partial charge in [0, 0.05) is 39.4 Å². The van der Waals surface area contributed by atoms with Gasteiger partial charge in [-0.25, -0.2) is 8.42 Å². The summed E-state index contributed by atoms with van der Waals surface area (Å²) in [7, 11) is 0.213. The summed E-state index contributed by atoms with van der Waals surface area (Å²) >= 11 is 1.60. The highest BCUT2D eigenvalue weighted by Crippen LogP contribution is 2.30. The molecule has 0 aromatic heterocycles. The van der Waals surface area contributed by atoms with Gasteiger partial charge in [0.15, 0.2) is 0 Å². The standard InChI is InChI=1S/C17H27N3O3S2/c1-19(2)16-8-7-14(13-15(16)18-17(21)9-12-24-3)25(22,23)20-10-5-4-6-11-20/h7-8,13H,4-6,9-12H2,1-3H3,(H,18,21). The first-order valence-corrected chi connectivity index (χ1v) is 11.3. The van der Waals surface area contributed by atoms with Gasteiger partial charge in [0.1, 0.15) is 0 Å². The van der Waals surface area contributed by atoms with Gasteiger partial charge in [-0.2, -0.15) is 16.1 Å². The van der Waals surface area contributed by atoms with Crippen LogP contribution in [0.3, 0.4) is 0 Å². The molecule has 1 N–H and O–H groups in total. The van der Waals surface area contributed by atoms with Gasteiger partial charge in [0.25, 0.3) is 0 Å². The number of sulfonamides is 1. The molecule has 0 spiro atoms. The van der Waals surface area contributed by atoms with E-state index in [-0.39, 0.29) is 10.8 Å². The van der Waals surface area contributed by atoms with Crippen molar-refractivity contribution in [2.45, 2.75) is 30.6 Å². The summed E-state index contributed by atoms with van der Waals surface area (Å²) < 4.78 is 27.3. The van der Waals surface area contributed by atoms with Gasteiger partial charge < -0.3 is 10.2 Å². The Morgan fingerprint density at radius 2 is 1.92 bits per heavy atom. The molecule has 1 aliphatic rings. The number of nitrogens with one attached hydrogen (secondary N) is 1. The number of carbonyl (C=O) groups excluding carboxylic acids is 1. The second-order valence-corrected chi connectivity index (χ2v) is 9.25. The van der Waals surface area contributed by atoms with Crippen molar-refractivity contribution in [3.05, 3.63) is 18.2 Å². The maximum absolute atomic E-state index is 12.9. The molecule has 1 saturated heterocycles. The van der Waals surface area contributed by atoms with Gasteiger partial charge in [-0.3, -0.25) is 4.79 Å². The fraction of sp³-hybridized carbons (Fsp3) is 0.588. The molecule has 0 aliphatic carbocycles. The molecule has 2 rings (SSSR count). The molecule has 140 valence electrons. The Balaban J connectivity index is 2.31. The monoisotopic (exact) mass is 385 g/mol. The Morgan fingerprint density at radius 1 is 1.24 bits per heavy atom. The van der Waals surface area contributed by atoms with Crippen molar-refractivity contribution in [2.24, 2.45) is 0 Å². The molecule has 1 amide bonds. The normalized spacial score (nSPS) is 15.8. The quantitative estimate of drug-likeness (QED) is 0.781. The number of anilines is 2. The molecule has 6 nitrogen and oxygen atoms in total. The zero-order valence-electron chi connectivity index (χ0n) is 15.1. The van der Waals surface area contributed by atoms with Crippen LogP contribution in [0.4, 0.5) is 11.4 Å². The molecular weight excluding hydrogens is 358 g/mol. The number of nitrogens with zero attached hydrogens (tertiary/aromatic N) is 2. The van der Waals surface area contributed by atoms with Crippen LogP contribution in [0.2, 0.25) is 0 Å². The molecule has 1 fully saturated rings. The van der Waals surface area contributed by atoms with Crippen molar-refractivity contribution in [3.8, 4) is 0 Å². The van der Waals surface area contributed by atoms with Crippen LogP contribution < -0.4 is 10.2 Å². The fourth-order valence-electron chi connectivity index (χ4n) is 2.83. The van der Waals surface area contributed by atoms with Crippen LogP contribution in [0.15, 0.2) is 23.1 Å². The summed E-state index contributed by atoms with van der Waals surface area (Å²) in [6.07, 6.45) is 5.21. The van der Waals surface area contributed by atoms with Crippen molar-refractivity contribution in [3.63, 3.8) is 0 Å². The minimum Gasteiger partial charge on any atom is -0.376 e. The molecule has 0 radical (unpaired) electrons. The fourth-order valence-corrected chi connectivity index (χ4v) is 4.76. The first-order chi connectivity index (χ1) is 11.9. The van der Waals surface area contributed by atoms with Crippen molar-refractivity contribution in [2.75, 3.05) is 49.4 Å². The van der Waals surface area contributed by atoms with Gasteiger partial charge in [-0.05, 0) is 37.3 Å². The van der Waals surface area contributed by atoms with Crippen molar-refractivity contribution in [1.29, 1.82) is 0 Å². The maximum Gasteiger partial charge on any atom is 0.243 e. The molecule has 1 aromatic rings. The lowest BCUT2D eigenvalue weighted by molar-refractivity contribution is -0.115. The van der Waals surface area contributed by atoms with Crippen LogP contribution >= 0.6 is 11.8 Å². The van der Waals surface area contributed by atoms with E-state index in [9.17, 15) is 13.2 Å². The lowest BCUT2D eigenvalue weighted by Gasteiger charge is -2.26. The molecule has 1 heterocycles. The Hall–Kier alpha value is -1.25. The Kier molecular flexibility index (Phi) is 7.15. The molecule has 0 unspecified atom stereocenters. The summed E-state index contributed by atoms with van der Waals surface area (Å²) in [5.74, 6) is 0.625. The Morgan fingerprint density at radius 3 is 2.52 bits per heavy atom. The van der Waals surface area contributed by atoms with E-state index in [2.05, 4.69) is 5.32 Å². The third kappa shape index (κ3) is 5.12. The number of piperidine rings is 1. The van der Waals surface area contributed by atoms with Crippen molar-refractivity contribution >= 4 is 39.1 Å². The molecule has 0 bridgehead atoms. The lowest BCUT2D eigenvalue weighted by Crippen LogP contribution is -2.35. The molecule has 1 aromatic carbocycles. The molecule has 0 atom stereocenters. The molecule has 1 aliphatic heterocycles. The van der Waals surface area contributed by atoms with E-state index in [0.29, 0.717) is 25.2 Å². The van der Waals surface area contributed by atoms with E-state index >= 15 is 0 Å². The summed E-state index contributed by atoms with van der Waals surface area (Å²) in [6.45, 7) is 1.13. The van der Waals surface area contributed by atoms with E-state index in [0.717, 1.165) is 30.7 Å². The van der Waals surface area contributed by atoms with E-state index in [1.807, 2.05) is 25.3 Å². The molecular formula is C17H27N3O3S2. The summed E-state index contributed by atoms with van der Waals surface area (Å²) in [5.41, 5.74) is 1.32. The van der Waals surface area contributed by atoms with Gasteiger partial charge in [0.2, 0.25) is 15.9 Å². The SMILES string of the molecule is CSCCC(=O)Nc1cc(S(=O)(=O)N2CCCCC2)ccc1N(C)C. The number of amides is 1. The Labute approximate surface area is 155 Å². The van der Waals surface area contributed by atoms with Crippen molar-refractivity contribution in [1.82, 2.24) is 4.31 Å². The highest BCUT2D eigenvalue weighted by Gasteiger charge is 2.27. The summed E-state index contributed by atoms with van der Waals surface area (Å²) in [4.78, 5) is 14.2. The van der Waals surface area contributed by atoms with Crippen LogP contribution in [0.25, 0.3) is 0 Å². The zero-order valence-corrected chi connectivity index (χ0v) is 16.8. The number of hydrogen-bond acceptors (Lipinski definition) is 5. The minimum atomic E-state index is -3.52. The van der Waals surface area contributed by atoms with Crippen LogP contribution in [0, 0.1) is 0 Å². The maximum atomic E-state index is 12.9. The highest BCUT2D eigenvalue weighted by atomic mass is 32.2. The van der Waals surface area contributed by atoms with Crippen molar-refractivity contribution < 1.29 is 13.2 Å². The number of benzene rings is 1. The third-order valence-corrected chi connectivity index (χ3v) is 6.72. The van der Waals surface area contributed by atoms with E-state index in [4.69, 9.17) is 0 Å². The van der Waals surface area contributed by atoms with E-state index < -0.39 is 10.0 Å². The smallest absolute Gasteiger partial charge is 0.243 e. The minimum absolute atomic E-state index is 0.107. The average molecular weight is 386 g/mol. The number of carbonyl (C=O) groups is 1. The Bertz CT molecular complexity index is 699. The second kappa shape index (κ2) is 8.91. The van der Waals surface area contributed by atoms with Gasteiger partial charge >= 0.3 is 0 Å². The number of thioether (sulfide) groups is 1. The van der Waals surface area contributed by atoms with Gasteiger partial charge in [-0.1, -0.05) is 6.42 Å². The van der Waals surface area contributed by atoms with E-state index in [1.54, 1.807) is 34.3 Å². The predicted octanol–water partition coefficient (Wildman–Crippen LogP) is 2.62. The first-order valence-electron chi connectivity index (χ1n) is 8.46. The van der Waals surface area contributed by atoms with Crippen LogP contribution in [0.1, 0.15) is 25.7 Å². The topological polar surface area (TPSA) is 69.7 Å². The second-order valence-electron chi connectivity index (χ2n) is 6.33. The molecule has 25 heavy (non-hydrogen) atoms. The van der Waals surface area contributed by atoms with Crippen LogP contribution in [-0.4, -0.2) is 57.8 Å². The molecule has 8 heteroatoms. The van der Waals surface area contributed by atoms with Crippen LogP contribution in [0.5, 0.6) is 0 Å². The number of rotatable bonds is 7. The van der Waals surface area contributed by atoms with E-state index in [1.165, 1.54) is 0 Å². The summed E-state index contributed by atoms with van der Waals surface area (Å²) in [6, 6.07) is 4.95.